The van der Waals surface area contributed by atoms with E-state index in [-0.39, 0.29) is 11.8 Å². The molecule has 82 valence electrons. The van der Waals surface area contributed by atoms with E-state index in [1.807, 2.05) is 4.90 Å². The first kappa shape index (κ1) is 11.8. The van der Waals surface area contributed by atoms with E-state index < -0.39 is 0 Å². The number of rotatable bonds is 1. The molecule has 0 saturated carbocycles. The molecule has 4 heteroatoms. The van der Waals surface area contributed by atoms with Crippen LogP contribution >= 0.6 is 11.6 Å². The molecule has 1 N–H and O–H groups in total. The summed E-state index contributed by atoms with van der Waals surface area (Å²) in [6.07, 6.45) is 5.06. The van der Waals surface area contributed by atoms with Gasteiger partial charge in [0.15, 0.2) is 0 Å². The van der Waals surface area contributed by atoms with Gasteiger partial charge in [-0.3, -0.25) is 4.79 Å². The molecule has 2 aliphatic heterocycles. The van der Waals surface area contributed by atoms with E-state index in [1.165, 1.54) is 25.9 Å². The second kappa shape index (κ2) is 7.07. The minimum Gasteiger partial charge on any atom is -0.342 e. The molecule has 2 aliphatic rings. The fourth-order valence-electron chi connectivity index (χ4n) is 1.68. The van der Waals surface area contributed by atoms with Crippen LogP contribution in [0.1, 0.15) is 25.7 Å². The largest absolute Gasteiger partial charge is 0.342 e. The van der Waals surface area contributed by atoms with E-state index in [0.717, 1.165) is 25.9 Å². The SMILES string of the molecule is C1CCNC1.O=C(CCl)N1CCCC1. The number of hydrogen-bond acceptors (Lipinski definition) is 2. The summed E-state index contributed by atoms with van der Waals surface area (Å²) >= 11 is 5.34. The van der Waals surface area contributed by atoms with Crippen LogP contribution in [0.5, 0.6) is 0 Å². The highest BCUT2D eigenvalue weighted by Crippen LogP contribution is 2.07. The summed E-state index contributed by atoms with van der Waals surface area (Å²) in [5.74, 6) is 0.217. The molecular formula is C10H19ClN2O. The van der Waals surface area contributed by atoms with Gasteiger partial charge in [0, 0.05) is 13.1 Å². The molecule has 0 spiro atoms. The summed E-state index contributed by atoms with van der Waals surface area (Å²) in [5.41, 5.74) is 0. The summed E-state index contributed by atoms with van der Waals surface area (Å²) in [6.45, 7) is 4.32. The Bertz CT molecular complexity index is 158. The first-order chi connectivity index (χ1) is 6.84. The number of likely N-dealkylation sites (tertiary alicyclic amines) is 1. The van der Waals surface area contributed by atoms with Crippen molar-refractivity contribution in [1.29, 1.82) is 0 Å². The summed E-state index contributed by atoms with van der Waals surface area (Å²) in [6, 6.07) is 0. The van der Waals surface area contributed by atoms with Crippen LogP contribution in [0, 0.1) is 0 Å². The van der Waals surface area contributed by atoms with Crippen LogP contribution in [-0.4, -0.2) is 42.9 Å². The molecule has 0 aliphatic carbocycles. The van der Waals surface area contributed by atoms with Crippen LogP contribution in [0.2, 0.25) is 0 Å². The van der Waals surface area contributed by atoms with E-state index >= 15 is 0 Å². The first-order valence-corrected chi connectivity index (χ1v) is 5.92. The third-order valence-corrected chi connectivity index (χ3v) is 2.76. The molecule has 2 rings (SSSR count). The maximum atomic E-state index is 10.8. The fourth-order valence-corrected chi connectivity index (χ4v) is 1.85. The Morgan fingerprint density at radius 3 is 2.07 bits per heavy atom. The molecule has 0 unspecified atom stereocenters. The van der Waals surface area contributed by atoms with Crippen LogP contribution < -0.4 is 5.32 Å². The maximum absolute atomic E-state index is 10.8. The van der Waals surface area contributed by atoms with E-state index in [2.05, 4.69) is 5.32 Å². The highest BCUT2D eigenvalue weighted by atomic mass is 35.5. The molecule has 0 radical (unpaired) electrons. The minimum atomic E-state index is 0.0779. The first-order valence-electron chi connectivity index (χ1n) is 5.39. The van der Waals surface area contributed by atoms with Crippen molar-refractivity contribution in [3.8, 4) is 0 Å². The van der Waals surface area contributed by atoms with Crippen LogP contribution in [0.25, 0.3) is 0 Å². The third-order valence-electron chi connectivity index (χ3n) is 2.53. The molecule has 14 heavy (non-hydrogen) atoms. The van der Waals surface area contributed by atoms with E-state index in [0.29, 0.717) is 0 Å². The Morgan fingerprint density at radius 1 is 1.14 bits per heavy atom. The topological polar surface area (TPSA) is 32.3 Å². The van der Waals surface area contributed by atoms with E-state index in [9.17, 15) is 4.79 Å². The van der Waals surface area contributed by atoms with Crippen molar-refractivity contribution < 1.29 is 4.79 Å². The van der Waals surface area contributed by atoms with Crippen LogP contribution in [0.15, 0.2) is 0 Å². The van der Waals surface area contributed by atoms with Crippen LogP contribution in [0.4, 0.5) is 0 Å². The molecule has 0 aromatic heterocycles. The van der Waals surface area contributed by atoms with Gasteiger partial charge < -0.3 is 10.2 Å². The van der Waals surface area contributed by atoms with Gasteiger partial charge in [-0.2, -0.15) is 0 Å². The van der Waals surface area contributed by atoms with Crippen molar-refractivity contribution in [3.63, 3.8) is 0 Å². The molecule has 0 bridgehead atoms. The number of nitrogens with zero attached hydrogens (tertiary/aromatic N) is 1. The quantitative estimate of drug-likeness (QED) is 0.672. The smallest absolute Gasteiger partial charge is 0.237 e. The predicted octanol–water partition coefficient (Wildman–Crippen LogP) is 1.22. The zero-order valence-corrected chi connectivity index (χ0v) is 9.35. The van der Waals surface area contributed by atoms with Gasteiger partial charge in [-0.15, -0.1) is 11.6 Å². The Labute approximate surface area is 90.8 Å². The van der Waals surface area contributed by atoms with Crippen molar-refractivity contribution in [1.82, 2.24) is 10.2 Å². The van der Waals surface area contributed by atoms with Crippen LogP contribution in [0.3, 0.4) is 0 Å². The number of hydrogen-bond donors (Lipinski definition) is 1. The van der Waals surface area contributed by atoms with Gasteiger partial charge in [-0.25, -0.2) is 0 Å². The molecule has 0 aromatic rings. The molecule has 3 nitrogen and oxygen atoms in total. The average molecular weight is 219 g/mol. The summed E-state index contributed by atoms with van der Waals surface area (Å²) < 4.78 is 0. The average Bonchev–Trinajstić information content (AvgIpc) is 2.91. The zero-order valence-electron chi connectivity index (χ0n) is 8.60. The lowest BCUT2D eigenvalue weighted by atomic mass is 10.4. The monoisotopic (exact) mass is 218 g/mol. The number of halogens is 1. The normalized spacial score (nSPS) is 20.5. The van der Waals surface area contributed by atoms with Gasteiger partial charge in [0.1, 0.15) is 5.88 Å². The van der Waals surface area contributed by atoms with Gasteiger partial charge in [0.25, 0.3) is 0 Å². The van der Waals surface area contributed by atoms with Crippen molar-refractivity contribution in [3.05, 3.63) is 0 Å². The summed E-state index contributed by atoms with van der Waals surface area (Å²) in [4.78, 5) is 12.6. The number of nitrogens with one attached hydrogen (secondary N) is 1. The maximum Gasteiger partial charge on any atom is 0.237 e. The fraction of sp³-hybridized carbons (Fsp3) is 0.900. The number of carbonyl (C=O) groups excluding carboxylic acids is 1. The van der Waals surface area contributed by atoms with Gasteiger partial charge in [0.05, 0.1) is 0 Å². The summed E-state index contributed by atoms with van der Waals surface area (Å²) in [5, 5.41) is 3.22. The van der Waals surface area contributed by atoms with Crippen molar-refractivity contribution in [2.24, 2.45) is 0 Å². The molecule has 2 heterocycles. The van der Waals surface area contributed by atoms with Gasteiger partial charge >= 0.3 is 0 Å². The lowest BCUT2D eigenvalue weighted by Crippen LogP contribution is -2.28. The highest BCUT2D eigenvalue weighted by Gasteiger charge is 2.15. The van der Waals surface area contributed by atoms with Gasteiger partial charge in [-0.1, -0.05) is 0 Å². The molecule has 2 fully saturated rings. The highest BCUT2D eigenvalue weighted by molar-refractivity contribution is 6.27. The van der Waals surface area contributed by atoms with Gasteiger partial charge in [0.2, 0.25) is 5.91 Å². The standard InChI is InChI=1S/C6H10ClNO.C4H9N/c7-5-6(9)8-3-1-2-4-8;1-2-4-5-3-1/h1-5H2;5H,1-4H2. The Morgan fingerprint density at radius 2 is 1.71 bits per heavy atom. The molecule has 1 amide bonds. The molecule has 2 saturated heterocycles. The number of amides is 1. The number of carbonyl (C=O) groups is 1. The second-order valence-corrected chi connectivity index (χ2v) is 3.95. The van der Waals surface area contributed by atoms with Crippen molar-refractivity contribution in [2.45, 2.75) is 25.7 Å². The lowest BCUT2D eigenvalue weighted by Gasteiger charge is -2.11. The van der Waals surface area contributed by atoms with Gasteiger partial charge in [-0.05, 0) is 38.8 Å². The van der Waals surface area contributed by atoms with Crippen molar-refractivity contribution >= 4 is 17.5 Å². The van der Waals surface area contributed by atoms with Crippen molar-refractivity contribution in [2.75, 3.05) is 32.1 Å². The number of alkyl halides is 1. The molecule has 0 aromatic carbocycles. The predicted molar refractivity (Wildman–Crippen MR) is 58.6 cm³/mol. The zero-order chi connectivity index (χ0) is 10.2. The molecule has 0 atom stereocenters. The van der Waals surface area contributed by atoms with E-state index in [4.69, 9.17) is 11.6 Å². The van der Waals surface area contributed by atoms with E-state index in [1.54, 1.807) is 0 Å². The minimum absolute atomic E-state index is 0.0779. The third kappa shape index (κ3) is 4.29. The Balaban J connectivity index is 0.000000165. The summed E-state index contributed by atoms with van der Waals surface area (Å²) in [7, 11) is 0. The lowest BCUT2D eigenvalue weighted by molar-refractivity contribution is -0.127. The second-order valence-electron chi connectivity index (χ2n) is 3.68. The Kier molecular flexibility index (Phi) is 5.96. The Hall–Kier alpha value is -0.280. The van der Waals surface area contributed by atoms with Crippen LogP contribution in [-0.2, 0) is 4.79 Å². The molecular weight excluding hydrogens is 200 g/mol.